The highest BCUT2D eigenvalue weighted by Crippen LogP contribution is 2.42. The zero-order valence-electron chi connectivity index (χ0n) is 8.66. The van der Waals surface area contributed by atoms with Crippen LogP contribution in [0.1, 0.15) is 5.56 Å². The van der Waals surface area contributed by atoms with Gasteiger partial charge in [0.05, 0.1) is 15.4 Å². The Morgan fingerprint density at radius 1 is 1.16 bits per heavy atom. The largest absolute Gasteiger partial charge is 0.416 e. The first-order valence-corrected chi connectivity index (χ1v) is 4.27. The molecule has 0 aliphatic carbocycles. The van der Waals surface area contributed by atoms with E-state index >= 15 is 0 Å². The first-order chi connectivity index (χ1) is 8.68. The Labute approximate surface area is 101 Å². The molecule has 12 heteroatoms. The van der Waals surface area contributed by atoms with Gasteiger partial charge in [0.1, 0.15) is 0 Å². The van der Waals surface area contributed by atoms with Gasteiger partial charge < -0.3 is 0 Å². The van der Waals surface area contributed by atoms with E-state index in [0.29, 0.717) is 0 Å². The Hall–Kier alpha value is -2.88. The Bertz CT molecular complexity index is 572. The molecule has 0 saturated heterocycles. The molecule has 0 saturated carbocycles. The van der Waals surface area contributed by atoms with Gasteiger partial charge in [-0.2, -0.15) is 13.2 Å². The molecule has 0 radical (unpaired) electrons. The number of hydrogen-bond donors (Lipinski definition) is 0. The molecule has 0 unspecified atom stereocenters. The highest BCUT2D eigenvalue weighted by Gasteiger charge is 2.37. The lowest BCUT2D eigenvalue weighted by molar-refractivity contribution is -0.392. The molecule has 1 aromatic carbocycles. The molecule has 9 nitrogen and oxygen atoms in total. The van der Waals surface area contributed by atoms with Gasteiger partial charge >= 0.3 is 6.18 Å². The van der Waals surface area contributed by atoms with Gasteiger partial charge in [-0.3, -0.25) is 20.2 Å². The van der Waals surface area contributed by atoms with Crippen molar-refractivity contribution < 1.29 is 23.0 Å². The van der Waals surface area contributed by atoms with Crippen LogP contribution in [0.4, 0.5) is 30.2 Å². The fourth-order valence-corrected chi connectivity index (χ4v) is 1.19. The van der Waals surface area contributed by atoms with Gasteiger partial charge in [-0.1, -0.05) is 0 Å². The zero-order valence-corrected chi connectivity index (χ0v) is 8.66. The molecule has 100 valence electrons. The number of nitro groups is 2. The highest BCUT2D eigenvalue weighted by atomic mass is 19.4. The van der Waals surface area contributed by atoms with Gasteiger partial charge in [-0.25, -0.2) is 0 Å². The van der Waals surface area contributed by atoms with Crippen LogP contribution in [0.15, 0.2) is 17.2 Å². The maximum atomic E-state index is 12.4. The van der Waals surface area contributed by atoms with Crippen molar-refractivity contribution in [3.63, 3.8) is 0 Å². The second-order valence-electron chi connectivity index (χ2n) is 3.06. The van der Waals surface area contributed by atoms with Crippen molar-refractivity contribution >= 4 is 17.1 Å². The van der Waals surface area contributed by atoms with E-state index in [1.165, 1.54) is 0 Å². The van der Waals surface area contributed by atoms with Gasteiger partial charge in [0.25, 0.3) is 11.4 Å². The van der Waals surface area contributed by atoms with Gasteiger partial charge in [0.15, 0.2) is 5.69 Å². The minimum atomic E-state index is -5.01. The third-order valence-electron chi connectivity index (χ3n) is 1.94. The van der Waals surface area contributed by atoms with Crippen molar-refractivity contribution in [3.8, 4) is 0 Å². The molecule has 0 aliphatic heterocycles. The molecular weight excluding hydrogens is 275 g/mol. The standard InChI is InChI=1S/C7H2F3N5O4/c8-7(9,10)3-1-4(14(16)17)6(12-13-11)5(2-3)15(18)19/h1-2H. The smallest absolute Gasteiger partial charge is 0.258 e. The molecule has 1 rings (SSSR count). The van der Waals surface area contributed by atoms with Crippen molar-refractivity contribution in [1.82, 2.24) is 0 Å². The van der Waals surface area contributed by atoms with E-state index in [-0.39, 0.29) is 12.1 Å². The van der Waals surface area contributed by atoms with Crippen LogP contribution in [-0.4, -0.2) is 9.85 Å². The number of halogens is 3. The van der Waals surface area contributed by atoms with Crippen LogP contribution in [0, 0.1) is 20.2 Å². The van der Waals surface area contributed by atoms with Crippen molar-refractivity contribution in [3.05, 3.63) is 48.4 Å². The van der Waals surface area contributed by atoms with Crippen LogP contribution < -0.4 is 0 Å². The average Bonchev–Trinajstić information content (AvgIpc) is 2.27. The van der Waals surface area contributed by atoms with Crippen LogP contribution in [0.25, 0.3) is 10.4 Å². The summed E-state index contributed by atoms with van der Waals surface area (Å²) in [5, 5.41) is 23.9. The minimum absolute atomic E-state index is 0.0665. The van der Waals surface area contributed by atoms with E-state index in [9.17, 15) is 33.4 Å². The lowest BCUT2D eigenvalue weighted by atomic mass is 10.1. The molecule has 0 aromatic heterocycles. The number of nitro benzene ring substituents is 2. The number of alkyl halides is 3. The summed E-state index contributed by atoms with van der Waals surface area (Å²) in [6.07, 6.45) is -5.01. The predicted octanol–water partition coefficient (Wildman–Crippen LogP) is 3.46. The normalized spacial score (nSPS) is 10.7. The summed E-state index contributed by atoms with van der Waals surface area (Å²) in [5.74, 6) is 0. The number of rotatable bonds is 3. The summed E-state index contributed by atoms with van der Waals surface area (Å²) in [6, 6.07) is 0.133. The van der Waals surface area contributed by atoms with E-state index in [2.05, 4.69) is 10.0 Å². The van der Waals surface area contributed by atoms with Crippen LogP contribution in [0.2, 0.25) is 0 Å². The summed E-state index contributed by atoms with van der Waals surface area (Å²) in [7, 11) is 0. The Morgan fingerprint density at radius 2 is 1.58 bits per heavy atom. The van der Waals surface area contributed by atoms with Crippen LogP contribution in [-0.2, 0) is 6.18 Å². The molecule has 0 heterocycles. The minimum Gasteiger partial charge on any atom is -0.258 e. The van der Waals surface area contributed by atoms with Crippen LogP contribution >= 0.6 is 0 Å². The Morgan fingerprint density at radius 3 is 1.84 bits per heavy atom. The lowest BCUT2D eigenvalue weighted by Crippen LogP contribution is -2.07. The predicted molar refractivity (Wildman–Crippen MR) is 53.6 cm³/mol. The molecule has 0 spiro atoms. The molecule has 0 N–H and O–H groups in total. The van der Waals surface area contributed by atoms with E-state index in [1.807, 2.05) is 0 Å². The molecule has 0 bridgehead atoms. The number of nitrogens with zero attached hydrogens (tertiary/aromatic N) is 5. The summed E-state index contributed by atoms with van der Waals surface area (Å²) < 4.78 is 37.3. The SMILES string of the molecule is [N-]=[N+]=Nc1c([N+](=O)[O-])cc(C(F)(F)F)cc1[N+](=O)[O-]. The van der Waals surface area contributed by atoms with Gasteiger partial charge in [0, 0.05) is 17.0 Å². The third kappa shape index (κ3) is 2.87. The molecule has 1 aromatic rings. The summed E-state index contributed by atoms with van der Waals surface area (Å²) >= 11 is 0. The first kappa shape index (κ1) is 14.2. The zero-order chi connectivity index (χ0) is 14.8. The van der Waals surface area contributed by atoms with E-state index in [4.69, 9.17) is 5.53 Å². The molecule has 0 aliphatic rings. The average molecular weight is 277 g/mol. The highest BCUT2D eigenvalue weighted by molar-refractivity contribution is 5.71. The fraction of sp³-hybridized carbons (Fsp3) is 0.143. The van der Waals surface area contributed by atoms with Crippen molar-refractivity contribution in [1.29, 1.82) is 0 Å². The second-order valence-corrected chi connectivity index (χ2v) is 3.06. The second kappa shape index (κ2) is 4.78. The van der Waals surface area contributed by atoms with Crippen LogP contribution in [0.3, 0.4) is 0 Å². The topological polar surface area (TPSA) is 135 Å². The quantitative estimate of drug-likeness (QED) is 0.274. The molecule has 19 heavy (non-hydrogen) atoms. The molecular formula is C7H2F3N5O4. The summed E-state index contributed by atoms with van der Waals surface area (Å²) in [4.78, 5) is 20.7. The van der Waals surface area contributed by atoms with Gasteiger partial charge in [0.2, 0.25) is 0 Å². The van der Waals surface area contributed by atoms with Crippen molar-refractivity contribution in [2.24, 2.45) is 5.11 Å². The van der Waals surface area contributed by atoms with Gasteiger partial charge in [-0.15, -0.1) is 0 Å². The number of azide groups is 1. The summed E-state index contributed by atoms with van der Waals surface area (Å²) in [6.45, 7) is 0. The van der Waals surface area contributed by atoms with Crippen molar-refractivity contribution in [2.75, 3.05) is 0 Å². The number of hydrogen-bond acceptors (Lipinski definition) is 5. The molecule has 0 fully saturated rings. The maximum absolute atomic E-state index is 12.4. The Balaban J connectivity index is 3.77. The van der Waals surface area contributed by atoms with E-state index in [0.717, 1.165) is 0 Å². The number of benzene rings is 1. The van der Waals surface area contributed by atoms with E-state index in [1.54, 1.807) is 0 Å². The summed E-state index contributed by atoms with van der Waals surface area (Å²) in [5.41, 5.74) is 2.91. The Kier molecular flexibility index (Phi) is 3.57. The molecule has 0 atom stereocenters. The third-order valence-corrected chi connectivity index (χ3v) is 1.94. The lowest BCUT2D eigenvalue weighted by Gasteiger charge is -2.07. The first-order valence-electron chi connectivity index (χ1n) is 4.27. The molecule has 0 amide bonds. The van der Waals surface area contributed by atoms with Gasteiger partial charge in [-0.05, 0) is 10.6 Å². The van der Waals surface area contributed by atoms with Crippen LogP contribution in [0.5, 0.6) is 0 Å². The fourth-order valence-electron chi connectivity index (χ4n) is 1.19. The van der Waals surface area contributed by atoms with Crippen molar-refractivity contribution in [2.45, 2.75) is 6.18 Å². The maximum Gasteiger partial charge on any atom is 0.416 e. The monoisotopic (exact) mass is 277 g/mol. The van der Waals surface area contributed by atoms with E-state index < -0.39 is 38.6 Å².